The summed E-state index contributed by atoms with van der Waals surface area (Å²) in [7, 11) is 0. The maximum Gasteiger partial charge on any atom is 0.267 e. The van der Waals surface area contributed by atoms with Crippen LogP contribution in [0.4, 0.5) is 0 Å². The van der Waals surface area contributed by atoms with Crippen molar-refractivity contribution in [3.63, 3.8) is 0 Å². The van der Waals surface area contributed by atoms with E-state index in [0.29, 0.717) is 5.15 Å². The molecule has 0 saturated carbocycles. The van der Waals surface area contributed by atoms with Crippen LogP contribution in [0, 0.1) is 0 Å². The third kappa shape index (κ3) is 3.55. The van der Waals surface area contributed by atoms with Gasteiger partial charge in [-0.2, -0.15) is 5.10 Å². The van der Waals surface area contributed by atoms with Gasteiger partial charge in [0.25, 0.3) is 5.56 Å². The lowest BCUT2D eigenvalue weighted by Crippen LogP contribution is -2.25. The molecule has 3 nitrogen and oxygen atoms in total. The minimum absolute atomic E-state index is 0.147. The van der Waals surface area contributed by atoms with Gasteiger partial charge < -0.3 is 0 Å². The largest absolute Gasteiger partial charge is 0.268 e. The fourth-order valence-electron chi connectivity index (χ4n) is 1.94. The van der Waals surface area contributed by atoms with E-state index in [4.69, 9.17) is 11.6 Å². The number of allylic oxidation sites excluding steroid dienone is 1. The first kappa shape index (κ1) is 13.6. The van der Waals surface area contributed by atoms with Gasteiger partial charge in [0, 0.05) is 6.07 Å². The van der Waals surface area contributed by atoms with E-state index in [9.17, 15) is 4.79 Å². The van der Waals surface area contributed by atoms with Crippen LogP contribution in [0.5, 0.6) is 0 Å². The lowest BCUT2D eigenvalue weighted by atomic mass is 10.1. The Labute approximate surface area is 117 Å². The van der Waals surface area contributed by atoms with Crippen molar-refractivity contribution in [3.8, 4) is 0 Å². The zero-order chi connectivity index (χ0) is 13.7. The first-order chi connectivity index (χ1) is 9.20. The highest BCUT2D eigenvalue weighted by atomic mass is 35.5. The van der Waals surface area contributed by atoms with Gasteiger partial charge in [-0.25, -0.2) is 4.68 Å². The zero-order valence-corrected chi connectivity index (χ0v) is 11.3. The molecule has 0 saturated heterocycles. The zero-order valence-electron chi connectivity index (χ0n) is 10.5. The van der Waals surface area contributed by atoms with E-state index in [1.165, 1.54) is 22.4 Å². The second kappa shape index (κ2) is 6.34. The molecule has 0 aliphatic carbocycles. The molecule has 0 radical (unpaired) electrons. The Balaban J connectivity index is 2.14. The van der Waals surface area contributed by atoms with Crippen LogP contribution < -0.4 is 5.56 Å². The van der Waals surface area contributed by atoms with E-state index >= 15 is 0 Å². The van der Waals surface area contributed by atoms with Crippen LogP contribution in [-0.2, 0) is 6.42 Å². The number of benzene rings is 1. The molecule has 2 aromatic rings. The number of halogens is 1. The Morgan fingerprint density at radius 1 is 1.26 bits per heavy atom. The summed E-state index contributed by atoms with van der Waals surface area (Å²) in [5, 5.41) is 4.37. The normalized spacial score (nSPS) is 12.1. The van der Waals surface area contributed by atoms with E-state index < -0.39 is 0 Å². The second-order valence-corrected chi connectivity index (χ2v) is 4.65. The highest BCUT2D eigenvalue weighted by Crippen LogP contribution is 2.14. The molecule has 0 aliphatic heterocycles. The molecule has 2 rings (SSSR count). The Kier molecular flexibility index (Phi) is 4.53. The summed E-state index contributed by atoms with van der Waals surface area (Å²) in [5.41, 5.74) is 1.06. The van der Waals surface area contributed by atoms with Crippen LogP contribution >= 0.6 is 11.6 Å². The molecule has 0 unspecified atom stereocenters. The molecule has 1 aromatic heterocycles. The molecule has 98 valence electrons. The maximum atomic E-state index is 11.8. The summed E-state index contributed by atoms with van der Waals surface area (Å²) in [4.78, 5) is 11.8. The summed E-state index contributed by atoms with van der Waals surface area (Å²) in [6.45, 7) is 3.78. The molecule has 0 spiro atoms. The highest BCUT2D eigenvalue weighted by molar-refractivity contribution is 6.29. The number of aryl methyl sites for hydroxylation is 1. The Hall–Kier alpha value is -1.87. The van der Waals surface area contributed by atoms with E-state index in [1.807, 2.05) is 18.2 Å². The molecule has 1 aromatic carbocycles. The van der Waals surface area contributed by atoms with Crippen LogP contribution in [0.3, 0.4) is 0 Å². The minimum atomic E-state index is -0.164. The van der Waals surface area contributed by atoms with Gasteiger partial charge in [0.2, 0.25) is 0 Å². The molecule has 4 heteroatoms. The summed E-state index contributed by atoms with van der Waals surface area (Å²) in [6, 6.07) is 12.9. The van der Waals surface area contributed by atoms with E-state index in [0.717, 1.165) is 12.8 Å². The molecule has 1 heterocycles. The van der Waals surface area contributed by atoms with Gasteiger partial charge in [0.1, 0.15) is 5.15 Å². The van der Waals surface area contributed by atoms with Crippen molar-refractivity contribution in [1.29, 1.82) is 0 Å². The van der Waals surface area contributed by atoms with Gasteiger partial charge in [-0.05, 0) is 24.5 Å². The molecule has 0 bridgehead atoms. The third-order valence-corrected chi connectivity index (χ3v) is 3.15. The lowest BCUT2D eigenvalue weighted by Gasteiger charge is -2.14. The number of rotatable bonds is 5. The van der Waals surface area contributed by atoms with E-state index in [1.54, 1.807) is 6.08 Å². The Morgan fingerprint density at radius 2 is 2.00 bits per heavy atom. The SMILES string of the molecule is C=C[C@H](CCc1ccccc1)n1nc(Cl)ccc1=O. The third-order valence-electron chi connectivity index (χ3n) is 2.95. The molecule has 19 heavy (non-hydrogen) atoms. The number of hydrogen-bond acceptors (Lipinski definition) is 2. The van der Waals surface area contributed by atoms with Crippen molar-refractivity contribution in [2.45, 2.75) is 18.9 Å². The first-order valence-corrected chi connectivity index (χ1v) is 6.50. The van der Waals surface area contributed by atoms with Gasteiger partial charge in [-0.3, -0.25) is 4.79 Å². The van der Waals surface area contributed by atoms with Crippen LogP contribution in [0.15, 0.2) is 59.9 Å². The summed E-state index contributed by atoms with van der Waals surface area (Å²) < 4.78 is 1.39. The van der Waals surface area contributed by atoms with E-state index in [2.05, 4.69) is 23.8 Å². The summed E-state index contributed by atoms with van der Waals surface area (Å²) in [5.74, 6) is 0. The molecular weight excluding hydrogens is 260 g/mol. The average molecular weight is 275 g/mol. The van der Waals surface area contributed by atoms with Gasteiger partial charge in [-0.15, -0.1) is 6.58 Å². The molecule has 1 atom stereocenters. The van der Waals surface area contributed by atoms with Crippen molar-refractivity contribution in [2.75, 3.05) is 0 Å². The van der Waals surface area contributed by atoms with Crippen molar-refractivity contribution in [2.24, 2.45) is 0 Å². The van der Waals surface area contributed by atoms with Gasteiger partial charge >= 0.3 is 0 Å². The predicted octanol–water partition coefficient (Wildman–Crippen LogP) is 3.26. The summed E-state index contributed by atoms with van der Waals surface area (Å²) in [6.07, 6.45) is 3.35. The highest BCUT2D eigenvalue weighted by Gasteiger charge is 2.10. The monoisotopic (exact) mass is 274 g/mol. The smallest absolute Gasteiger partial charge is 0.267 e. The van der Waals surface area contributed by atoms with Gasteiger partial charge in [-0.1, -0.05) is 48.0 Å². The van der Waals surface area contributed by atoms with Crippen LogP contribution in [0.1, 0.15) is 18.0 Å². The maximum absolute atomic E-state index is 11.8. The number of aromatic nitrogens is 2. The quantitative estimate of drug-likeness (QED) is 0.785. The fourth-order valence-corrected chi connectivity index (χ4v) is 2.08. The topological polar surface area (TPSA) is 34.9 Å². The minimum Gasteiger partial charge on any atom is -0.268 e. The molecule has 0 aliphatic rings. The van der Waals surface area contributed by atoms with E-state index in [-0.39, 0.29) is 11.6 Å². The van der Waals surface area contributed by atoms with Crippen molar-refractivity contribution in [3.05, 3.63) is 76.2 Å². The molecule has 0 N–H and O–H groups in total. The number of hydrogen-bond donors (Lipinski definition) is 0. The van der Waals surface area contributed by atoms with Crippen LogP contribution in [0.25, 0.3) is 0 Å². The average Bonchev–Trinajstić information content (AvgIpc) is 2.44. The Morgan fingerprint density at radius 3 is 2.68 bits per heavy atom. The van der Waals surface area contributed by atoms with Crippen molar-refractivity contribution < 1.29 is 0 Å². The number of nitrogens with zero attached hydrogens (tertiary/aromatic N) is 2. The molecule has 0 fully saturated rings. The second-order valence-electron chi connectivity index (χ2n) is 4.27. The summed E-state index contributed by atoms with van der Waals surface area (Å²) >= 11 is 5.83. The van der Waals surface area contributed by atoms with Crippen LogP contribution in [0.2, 0.25) is 5.15 Å². The van der Waals surface area contributed by atoms with Crippen molar-refractivity contribution >= 4 is 11.6 Å². The van der Waals surface area contributed by atoms with Crippen molar-refractivity contribution in [1.82, 2.24) is 9.78 Å². The lowest BCUT2D eigenvalue weighted by molar-refractivity contribution is 0.480. The molecule has 0 amide bonds. The first-order valence-electron chi connectivity index (χ1n) is 6.12. The Bertz CT molecular complexity index is 607. The van der Waals surface area contributed by atoms with Crippen LogP contribution in [-0.4, -0.2) is 9.78 Å². The van der Waals surface area contributed by atoms with Gasteiger partial charge in [0.05, 0.1) is 6.04 Å². The fraction of sp³-hybridized carbons (Fsp3) is 0.200. The standard InChI is InChI=1S/C15H15ClN2O/c1-2-13(9-8-12-6-4-3-5-7-12)18-15(19)11-10-14(16)17-18/h2-7,10-11,13H,1,8-9H2/t13-/m1/s1. The van der Waals surface area contributed by atoms with Gasteiger partial charge in [0.15, 0.2) is 0 Å². The predicted molar refractivity (Wildman–Crippen MR) is 77.5 cm³/mol. The molecular formula is C15H15ClN2O.